The van der Waals surface area contributed by atoms with Crippen LogP contribution in [-0.2, 0) is 4.79 Å². The highest BCUT2D eigenvalue weighted by molar-refractivity contribution is 5.93. The number of benzene rings is 1. The number of amides is 2. The van der Waals surface area contributed by atoms with E-state index in [1.165, 1.54) is 13.0 Å². The van der Waals surface area contributed by atoms with Gasteiger partial charge in [0.2, 0.25) is 18.3 Å². The molecule has 2 unspecified atom stereocenters. The van der Waals surface area contributed by atoms with Gasteiger partial charge in [0.25, 0.3) is 5.91 Å². The number of H-pyrrole nitrogens is 1. The molecular formula is C27H28F8N6O3. The summed E-state index contributed by atoms with van der Waals surface area (Å²) in [5.74, 6) is -9.79. The van der Waals surface area contributed by atoms with Gasteiger partial charge < -0.3 is 15.6 Å². The van der Waals surface area contributed by atoms with Crippen molar-refractivity contribution in [2.45, 2.75) is 88.4 Å². The summed E-state index contributed by atoms with van der Waals surface area (Å²) >= 11 is 0. The van der Waals surface area contributed by atoms with E-state index >= 15 is 4.39 Å². The van der Waals surface area contributed by atoms with Crippen LogP contribution in [0.25, 0.3) is 11.0 Å². The van der Waals surface area contributed by atoms with E-state index in [4.69, 9.17) is 0 Å². The molecule has 9 nitrogen and oxygen atoms in total. The monoisotopic (exact) mass is 636 g/mol. The van der Waals surface area contributed by atoms with Crippen LogP contribution in [0.3, 0.4) is 0 Å². The molecule has 3 aromatic rings. The van der Waals surface area contributed by atoms with Gasteiger partial charge in [-0.1, -0.05) is 11.2 Å². The standard InChI is InChI=1S/C27H28F8N6O3/c1-11-19(41-44-40-11)25(43)38-20(12-6-8-26(31,32)9-7-12)23-36-16-5-4-14(18(30)21(16)37-23)15(10-17(28)29)24(42)39-22(13-2-3-13)27(33,34)35/h4-5,12-13,15,17,20,22H,2-3,6-10H2,1H3,(H,36,37)(H,38,43)(H,39,42)/t15?,20-,22?/m0/s1. The van der Waals surface area contributed by atoms with E-state index in [1.54, 1.807) is 5.32 Å². The minimum absolute atomic E-state index is 0.0169. The molecule has 2 aliphatic carbocycles. The van der Waals surface area contributed by atoms with Gasteiger partial charge in [0.1, 0.15) is 23.1 Å². The molecule has 2 saturated carbocycles. The van der Waals surface area contributed by atoms with E-state index in [0.717, 1.165) is 6.07 Å². The summed E-state index contributed by atoms with van der Waals surface area (Å²) in [6, 6.07) is -1.09. The summed E-state index contributed by atoms with van der Waals surface area (Å²) in [7, 11) is 0. The number of fused-ring (bicyclic) bond motifs is 1. The maximum absolute atomic E-state index is 15.9. The van der Waals surface area contributed by atoms with Gasteiger partial charge in [0, 0.05) is 24.8 Å². The summed E-state index contributed by atoms with van der Waals surface area (Å²) < 4.78 is 116. The highest BCUT2D eigenvalue weighted by Gasteiger charge is 2.50. The topological polar surface area (TPSA) is 126 Å². The number of aryl methyl sites for hydroxylation is 1. The maximum atomic E-state index is 15.9. The van der Waals surface area contributed by atoms with Crippen LogP contribution in [0, 0.1) is 24.6 Å². The number of carbonyl (C=O) groups is 2. The molecular weight excluding hydrogens is 608 g/mol. The predicted octanol–water partition coefficient (Wildman–Crippen LogP) is 5.89. The molecule has 3 atom stereocenters. The van der Waals surface area contributed by atoms with Crippen LogP contribution in [0.5, 0.6) is 0 Å². The second-order valence-corrected chi connectivity index (χ2v) is 11.4. The van der Waals surface area contributed by atoms with Gasteiger partial charge >= 0.3 is 6.18 Å². The first-order valence-electron chi connectivity index (χ1n) is 14.0. The molecule has 0 spiro atoms. The molecule has 2 heterocycles. The maximum Gasteiger partial charge on any atom is 0.408 e. The lowest BCUT2D eigenvalue weighted by Crippen LogP contribution is -2.48. The molecule has 1 aromatic carbocycles. The Morgan fingerprint density at radius 1 is 1.07 bits per heavy atom. The third-order valence-corrected chi connectivity index (χ3v) is 8.17. The molecule has 0 radical (unpaired) electrons. The van der Waals surface area contributed by atoms with Crippen LogP contribution < -0.4 is 10.6 Å². The van der Waals surface area contributed by atoms with Gasteiger partial charge in [-0.25, -0.2) is 31.6 Å². The van der Waals surface area contributed by atoms with Gasteiger partial charge in [-0.3, -0.25) is 9.59 Å². The van der Waals surface area contributed by atoms with Crippen LogP contribution in [0.1, 0.15) is 84.5 Å². The molecule has 3 N–H and O–H groups in total. The Bertz CT molecular complexity index is 1510. The lowest BCUT2D eigenvalue weighted by molar-refractivity contribution is -0.166. The van der Waals surface area contributed by atoms with Crippen LogP contribution in [0.2, 0.25) is 0 Å². The Labute approximate surface area is 244 Å². The van der Waals surface area contributed by atoms with Gasteiger partial charge in [0.15, 0.2) is 11.5 Å². The summed E-state index contributed by atoms with van der Waals surface area (Å²) in [6.45, 7) is 1.45. The van der Waals surface area contributed by atoms with Crippen molar-refractivity contribution in [3.63, 3.8) is 0 Å². The van der Waals surface area contributed by atoms with Gasteiger partial charge in [-0.15, -0.1) is 0 Å². The molecule has 2 fully saturated rings. The fraction of sp³-hybridized carbons (Fsp3) is 0.593. The Morgan fingerprint density at radius 3 is 2.32 bits per heavy atom. The van der Waals surface area contributed by atoms with E-state index in [0.29, 0.717) is 0 Å². The number of nitrogens with zero attached hydrogens (tertiary/aromatic N) is 3. The number of aromatic amines is 1. The number of hydrogen-bond acceptors (Lipinski definition) is 6. The van der Waals surface area contributed by atoms with Crippen molar-refractivity contribution in [1.82, 2.24) is 30.9 Å². The normalized spacial score (nSPS) is 19.6. The highest BCUT2D eigenvalue weighted by atomic mass is 19.4. The van der Waals surface area contributed by atoms with Gasteiger partial charge in [0.05, 0.1) is 17.5 Å². The first kappa shape index (κ1) is 31.6. The number of imidazole rings is 1. The molecule has 17 heteroatoms. The second kappa shape index (κ2) is 12.0. The van der Waals surface area contributed by atoms with Crippen LogP contribution in [-0.4, -0.2) is 56.7 Å². The molecule has 0 saturated heterocycles. The first-order valence-corrected chi connectivity index (χ1v) is 14.0. The minimum atomic E-state index is -4.82. The first-order chi connectivity index (χ1) is 20.6. The largest absolute Gasteiger partial charge is 0.408 e. The van der Waals surface area contributed by atoms with Gasteiger partial charge in [-0.2, -0.15) is 13.2 Å². The van der Waals surface area contributed by atoms with Crippen LogP contribution in [0.15, 0.2) is 16.8 Å². The van der Waals surface area contributed by atoms with E-state index in [9.17, 15) is 40.3 Å². The highest BCUT2D eigenvalue weighted by Crippen LogP contribution is 2.43. The third-order valence-electron chi connectivity index (χ3n) is 8.17. The predicted molar refractivity (Wildman–Crippen MR) is 136 cm³/mol. The number of carbonyl (C=O) groups excluding carboxylic acids is 2. The molecule has 44 heavy (non-hydrogen) atoms. The van der Waals surface area contributed by atoms with Crippen molar-refractivity contribution < 1.29 is 49.3 Å². The summed E-state index contributed by atoms with van der Waals surface area (Å²) in [5, 5.41) is 11.5. The molecule has 0 bridgehead atoms. The summed E-state index contributed by atoms with van der Waals surface area (Å²) in [5.41, 5.74) is -1.03. The van der Waals surface area contributed by atoms with Crippen LogP contribution >= 0.6 is 0 Å². The SMILES string of the molecule is Cc1nonc1C(=O)N[C@H](c1nc2c(F)c(C(CC(F)F)C(=O)NC(C3CC3)C(F)(F)F)ccc2[nH]1)C1CCC(F)(F)CC1. The molecule has 5 rings (SSSR count). The van der Waals surface area contributed by atoms with E-state index in [-0.39, 0.29) is 48.4 Å². The van der Waals surface area contributed by atoms with Crippen molar-refractivity contribution in [2.75, 3.05) is 0 Å². The average molecular weight is 637 g/mol. The van der Waals surface area contributed by atoms with Gasteiger partial charge in [-0.05, 0) is 55.7 Å². The van der Waals surface area contributed by atoms with E-state index < -0.39 is 96.3 Å². The zero-order valence-corrected chi connectivity index (χ0v) is 23.2. The Balaban J connectivity index is 1.48. The molecule has 2 aliphatic rings. The summed E-state index contributed by atoms with van der Waals surface area (Å²) in [4.78, 5) is 32.9. The van der Waals surface area contributed by atoms with Crippen molar-refractivity contribution >= 4 is 22.8 Å². The number of alkyl halides is 7. The van der Waals surface area contributed by atoms with Crippen LogP contribution in [0.4, 0.5) is 35.1 Å². The fourth-order valence-electron chi connectivity index (χ4n) is 5.65. The number of aromatic nitrogens is 4. The summed E-state index contributed by atoms with van der Waals surface area (Å²) in [6.07, 6.45) is -9.84. The van der Waals surface area contributed by atoms with Crippen molar-refractivity contribution in [2.24, 2.45) is 11.8 Å². The Morgan fingerprint density at radius 2 is 1.75 bits per heavy atom. The van der Waals surface area contributed by atoms with Crippen molar-refractivity contribution in [1.29, 1.82) is 0 Å². The van der Waals surface area contributed by atoms with E-state index in [2.05, 4.69) is 30.2 Å². The second-order valence-electron chi connectivity index (χ2n) is 11.4. The Kier molecular flexibility index (Phi) is 8.59. The fourth-order valence-corrected chi connectivity index (χ4v) is 5.65. The number of rotatable bonds is 10. The number of hydrogen-bond donors (Lipinski definition) is 3. The molecule has 2 aromatic heterocycles. The van der Waals surface area contributed by atoms with Crippen molar-refractivity contribution in [3.8, 4) is 0 Å². The van der Waals surface area contributed by atoms with E-state index in [1.807, 2.05) is 0 Å². The molecule has 2 amide bonds. The lowest BCUT2D eigenvalue weighted by Gasteiger charge is -2.33. The number of nitrogens with one attached hydrogen (secondary N) is 3. The minimum Gasteiger partial charge on any atom is -0.344 e. The van der Waals surface area contributed by atoms with Crippen molar-refractivity contribution in [3.05, 3.63) is 40.7 Å². The lowest BCUT2D eigenvalue weighted by atomic mass is 9.81. The molecule has 240 valence electrons. The average Bonchev–Trinajstić information content (AvgIpc) is 3.52. The zero-order chi connectivity index (χ0) is 32.0. The quantitative estimate of drug-likeness (QED) is 0.239. The zero-order valence-electron chi connectivity index (χ0n) is 23.2. The smallest absolute Gasteiger partial charge is 0.344 e. The number of halogens is 8. The Hall–Kier alpha value is -3.79. The third kappa shape index (κ3) is 6.80. The molecule has 0 aliphatic heterocycles.